The summed E-state index contributed by atoms with van der Waals surface area (Å²) in [7, 11) is 0. The van der Waals surface area contributed by atoms with Crippen LogP contribution in [0.15, 0.2) is 170 Å². The molecular weight excluding hydrogens is 623 g/mol. The Bertz CT molecular complexity index is 2660. The van der Waals surface area contributed by atoms with Crippen molar-refractivity contribution in [1.82, 2.24) is 0 Å². The molecule has 9 aromatic rings. The molecule has 1 nitrogen and oxygen atoms in total. The molecule has 0 aliphatic rings. The fourth-order valence-corrected chi connectivity index (χ4v) is 9.00. The van der Waals surface area contributed by atoms with Gasteiger partial charge in [-0.2, -0.15) is 0 Å². The molecule has 8 aromatic carbocycles. The van der Waals surface area contributed by atoms with Gasteiger partial charge in [-0.05, 0) is 97.2 Å². The molecule has 0 aliphatic heterocycles. The first-order valence-electron chi connectivity index (χ1n) is 17.4. The van der Waals surface area contributed by atoms with Crippen LogP contribution in [-0.4, -0.2) is 0 Å². The van der Waals surface area contributed by atoms with E-state index in [9.17, 15) is 0 Å². The van der Waals surface area contributed by atoms with Gasteiger partial charge >= 0.3 is 0 Å². The summed E-state index contributed by atoms with van der Waals surface area (Å²) in [5, 5.41) is 7.73. The predicted octanol–water partition coefficient (Wildman–Crippen LogP) is 14.5. The minimum Gasteiger partial charge on any atom is -0.310 e. The molecule has 50 heavy (non-hydrogen) atoms. The van der Waals surface area contributed by atoms with E-state index in [2.05, 4.69) is 196 Å². The lowest BCUT2D eigenvalue weighted by Crippen LogP contribution is -2.11. The molecule has 0 N–H and O–H groups in total. The second-order valence-corrected chi connectivity index (χ2v) is 15.2. The van der Waals surface area contributed by atoms with Gasteiger partial charge in [0.2, 0.25) is 0 Å². The summed E-state index contributed by atoms with van der Waals surface area (Å²) >= 11 is 1.91. The van der Waals surface area contributed by atoms with E-state index in [1.165, 1.54) is 75.2 Å². The summed E-state index contributed by atoms with van der Waals surface area (Å²) in [4.78, 5) is 2.44. The van der Waals surface area contributed by atoms with Crippen LogP contribution < -0.4 is 4.90 Å². The topological polar surface area (TPSA) is 3.24 Å². The molecule has 0 aliphatic carbocycles. The summed E-state index contributed by atoms with van der Waals surface area (Å²) < 4.78 is 2.68. The van der Waals surface area contributed by atoms with Crippen molar-refractivity contribution in [2.24, 2.45) is 0 Å². The summed E-state index contributed by atoms with van der Waals surface area (Å²) in [6.45, 7) is 6.94. The van der Waals surface area contributed by atoms with E-state index in [0.717, 1.165) is 11.4 Å². The molecule has 0 saturated carbocycles. The van der Waals surface area contributed by atoms with Gasteiger partial charge in [-0.25, -0.2) is 0 Å². The number of nitrogens with zero attached hydrogens (tertiary/aromatic N) is 1. The summed E-state index contributed by atoms with van der Waals surface area (Å²) in [5.74, 6) is 0. The predicted molar refractivity (Wildman–Crippen MR) is 219 cm³/mol. The van der Waals surface area contributed by atoms with Gasteiger partial charge in [-0.15, -0.1) is 11.3 Å². The highest BCUT2D eigenvalue weighted by Gasteiger charge is 2.23. The number of anilines is 3. The van der Waals surface area contributed by atoms with E-state index >= 15 is 0 Å². The lowest BCUT2D eigenvalue weighted by atomic mass is 9.86. The molecule has 9 rings (SSSR count). The van der Waals surface area contributed by atoms with Crippen molar-refractivity contribution in [3.05, 3.63) is 175 Å². The summed E-state index contributed by atoms with van der Waals surface area (Å²) in [5.41, 5.74) is 9.80. The molecule has 1 aromatic heterocycles. The fraction of sp³-hybridized carbons (Fsp3) is 0.0833. The van der Waals surface area contributed by atoms with E-state index in [0.29, 0.717) is 0 Å². The second kappa shape index (κ2) is 12.0. The normalized spacial score (nSPS) is 11.9. The summed E-state index contributed by atoms with van der Waals surface area (Å²) in [6, 6.07) is 62.2. The Labute approximate surface area is 297 Å². The minimum atomic E-state index is 0.0519. The van der Waals surface area contributed by atoms with E-state index in [-0.39, 0.29) is 5.41 Å². The first kappa shape index (κ1) is 30.4. The Morgan fingerprint density at radius 1 is 0.460 bits per heavy atom. The molecule has 0 unspecified atom stereocenters. The van der Waals surface area contributed by atoms with Gasteiger partial charge in [0.1, 0.15) is 0 Å². The van der Waals surface area contributed by atoms with Crippen molar-refractivity contribution in [1.29, 1.82) is 0 Å². The van der Waals surface area contributed by atoms with Gasteiger partial charge in [0.05, 0.1) is 5.69 Å². The number of fused-ring (bicyclic) bond motifs is 6. The van der Waals surface area contributed by atoms with Crippen LogP contribution in [0.5, 0.6) is 0 Å². The van der Waals surface area contributed by atoms with Crippen molar-refractivity contribution in [2.45, 2.75) is 26.2 Å². The standard InChI is InChI=1S/C48H37NS/c1-48(2,3)43-20-11-19-41-46-44(21-12-22-45(46)50-47(41)43)49(36-27-23-33(24-28-36)32-13-5-4-6-14-32)37-29-25-34(26-30-37)42-31-35-15-7-8-16-38(35)39-17-9-10-18-40(39)42/h4-31H,1-3H3. The van der Waals surface area contributed by atoms with Crippen molar-refractivity contribution < 1.29 is 0 Å². The Balaban J connectivity index is 1.23. The average Bonchev–Trinajstić information content (AvgIpc) is 3.55. The monoisotopic (exact) mass is 659 g/mol. The molecule has 0 amide bonds. The molecular formula is C48H37NS. The molecule has 0 fully saturated rings. The molecule has 1 heterocycles. The Morgan fingerprint density at radius 2 is 1.04 bits per heavy atom. The largest absolute Gasteiger partial charge is 0.310 e. The highest BCUT2D eigenvalue weighted by atomic mass is 32.1. The van der Waals surface area contributed by atoms with Gasteiger partial charge in [0.25, 0.3) is 0 Å². The van der Waals surface area contributed by atoms with Gasteiger partial charge in [0.15, 0.2) is 0 Å². The highest BCUT2D eigenvalue weighted by Crippen LogP contribution is 2.47. The lowest BCUT2D eigenvalue weighted by molar-refractivity contribution is 0.597. The van der Waals surface area contributed by atoms with Crippen molar-refractivity contribution in [3.8, 4) is 22.3 Å². The third kappa shape index (κ3) is 5.16. The van der Waals surface area contributed by atoms with Gasteiger partial charge < -0.3 is 4.90 Å². The number of rotatable bonds is 5. The molecule has 240 valence electrons. The van der Waals surface area contributed by atoms with E-state index in [1.807, 2.05) is 11.3 Å². The van der Waals surface area contributed by atoms with Gasteiger partial charge in [-0.3, -0.25) is 0 Å². The zero-order chi connectivity index (χ0) is 33.8. The third-order valence-corrected chi connectivity index (χ3v) is 11.2. The number of hydrogen-bond donors (Lipinski definition) is 0. The van der Waals surface area contributed by atoms with E-state index < -0.39 is 0 Å². The number of hydrogen-bond acceptors (Lipinski definition) is 2. The fourth-order valence-electron chi connectivity index (χ4n) is 7.55. The molecule has 0 atom stereocenters. The molecule has 2 heteroatoms. The Kier molecular flexibility index (Phi) is 7.30. The quantitative estimate of drug-likeness (QED) is 0.166. The van der Waals surface area contributed by atoms with Crippen LogP contribution in [0, 0.1) is 0 Å². The molecule has 0 saturated heterocycles. The Hall–Kier alpha value is -5.70. The zero-order valence-corrected chi connectivity index (χ0v) is 29.3. The van der Waals surface area contributed by atoms with Crippen LogP contribution in [0.4, 0.5) is 17.1 Å². The lowest BCUT2D eigenvalue weighted by Gasteiger charge is -2.27. The smallest absolute Gasteiger partial charge is 0.0554 e. The Morgan fingerprint density at radius 3 is 1.76 bits per heavy atom. The number of benzene rings is 8. The van der Waals surface area contributed by atoms with Gasteiger partial charge in [0, 0.05) is 31.5 Å². The maximum atomic E-state index is 2.44. The van der Waals surface area contributed by atoms with Crippen LogP contribution in [0.3, 0.4) is 0 Å². The minimum absolute atomic E-state index is 0.0519. The molecule has 0 bridgehead atoms. The molecule has 0 spiro atoms. The molecule has 0 radical (unpaired) electrons. The van der Waals surface area contributed by atoms with Crippen molar-refractivity contribution in [3.63, 3.8) is 0 Å². The van der Waals surface area contributed by atoms with Crippen LogP contribution in [-0.2, 0) is 5.41 Å². The van der Waals surface area contributed by atoms with Crippen LogP contribution >= 0.6 is 11.3 Å². The van der Waals surface area contributed by atoms with Crippen LogP contribution in [0.25, 0.3) is 64.0 Å². The third-order valence-electron chi connectivity index (χ3n) is 9.99. The maximum absolute atomic E-state index is 2.44. The first-order valence-corrected chi connectivity index (χ1v) is 18.2. The van der Waals surface area contributed by atoms with Gasteiger partial charge in [-0.1, -0.05) is 148 Å². The van der Waals surface area contributed by atoms with Crippen LogP contribution in [0.2, 0.25) is 0 Å². The van der Waals surface area contributed by atoms with Crippen LogP contribution in [0.1, 0.15) is 26.3 Å². The average molecular weight is 660 g/mol. The van der Waals surface area contributed by atoms with Crippen molar-refractivity contribution >= 4 is 70.1 Å². The zero-order valence-electron chi connectivity index (χ0n) is 28.5. The maximum Gasteiger partial charge on any atom is 0.0554 e. The first-order chi connectivity index (χ1) is 24.4. The SMILES string of the molecule is CC(C)(C)c1cccc2c1sc1cccc(N(c3ccc(-c4ccccc4)cc3)c3ccc(-c4cc5ccccc5c5ccccc45)cc3)c12. The highest BCUT2D eigenvalue weighted by molar-refractivity contribution is 7.26. The van der Waals surface area contributed by atoms with E-state index in [4.69, 9.17) is 0 Å². The summed E-state index contributed by atoms with van der Waals surface area (Å²) in [6.07, 6.45) is 0. The second-order valence-electron chi connectivity index (χ2n) is 14.2. The van der Waals surface area contributed by atoms with E-state index in [1.54, 1.807) is 0 Å². The number of thiophene rings is 1. The van der Waals surface area contributed by atoms with Crippen molar-refractivity contribution in [2.75, 3.05) is 4.90 Å².